The van der Waals surface area contributed by atoms with E-state index in [1.165, 1.54) is 5.56 Å². The number of sulfonamides is 1. The van der Waals surface area contributed by atoms with E-state index in [2.05, 4.69) is 34.5 Å². The zero-order chi connectivity index (χ0) is 15.5. The summed E-state index contributed by atoms with van der Waals surface area (Å²) in [6, 6.07) is 14.6. The fraction of sp³-hybridized carbons (Fsp3) is 0.250. The van der Waals surface area contributed by atoms with Gasteiger partial charge in [-0.05, 0) is 41.3 Å². The number of halogens is 1. The molecule has 112 valence electrons. The molecule has 2 aromatic rings. The predicted molar refractivity (Wildman–Crippen MR) is 88.7 cm³/mol. The number of benzene rings is 2. The van der Waals surface area contributed by atoms with Gasteiger partial charge in [0.1, 0.15) is 0 Å². The van der Waals surface area contributed by atoms with Crippen molar-refractivity contribution in [1.82, 2.24) is 4.72 Å². The highest BCUT2D eigenvalue weighted by molar-refractivity contribution is 9.10. The Morgan fingerprint density at radius 3 is 2.10 bits per heavy atom. The minimum absolute atomic E-state index is 0.268. The van der Waals surface area contributed by atoms with Crippen LogP contribution in [0.15, 0.2) is 57.9 Å². The van der Waals surface area contributed by atoms with E-state index in [0.29, 0.717) is 5.92 Å². The van der Waals surface area contributed by atoms with Crippen LogP contribution in [0.4, 0.5) is 0 Å². The van der Waals surface area contributed by atoms with Crippen LogP contribution in [-0.2, 0) is 16.6 Å². The largest absolute Gasteiger partial charge is 0.240 e. The van der Waals surface area contributed by atoms with Gasteiger partial charge in [0.25, 0.3) is 0 Å². The summed E-state index contributed by atoms with van der Waals surface area (Å²) in [7, 11) is -3.47. The Balaban J connectivity index is 2.06. The first kappa shape index (κ1) is 16.2. The maximum Gasteiger partial charge on any atom is 0.240 e. The van der Waals surface area contributed by atoms with Gasteiger partial charge in [-0.15, -0.1) is 0 Å². The molecule has 0 fully saturated rings. The van der Waals surface area contributed by atoms with Gasteiger partial charge in [-0.2, -0.15) is 0 Å². The minimum Gasteiger partial charge on any atom is -0.207 e. The molecule has 21 heavy (non-hydrogen) atoms. The van der Waals surface area contributed by atoms with Crippen LogP contribution in [-0.4, -0.2) is 8.42 Å². The minimum atomic E-state index is -3.47. The zero-order valence-corrected chi connectivity index (χ0v) is 14.4. The molecule has 5 heteroatoms. The molecular weight excluding hydrogens is 350 g/mol. The van der Waals surface area contributed by atoms with Crippen molar-refractivity contribution in [2.24, 2.45) is 0 Å². The number of nitrogens with one attached hydrogen (secondary N) is 1. The molecule has 0 aromatic heterocycles. The van der Waals surface area contributed by atoms with Gasteiger partial charge >= 0.3 is 0 Å². The van der Waals surface area contributed by atoms with Crippen molar-refractivity contribution in [3.8, 4) is 0 Å². The van der Waals surface area contributed by atoms with Crippen LogP contribution in [0.5, 0.6) is 0 Å². The third kappa shape index (κ3) is 4.40. The molecule has 0 radical (unpaired) electrons. The van der Waals surface area contributed by atoms with E-state index >= 15 is 0 Å². The van der Waals surface area contributed by atoms with Crippen LogP contribution >= 0.6 is 15.9 Å². The molecule has 1 N–H and O–H groups in total. The van der Waals surface area contributed by atoms with Crippen LogP contribution in [0.2, 0.25) is 0 Å². The third-order valence-electron chi connectivity index (χ3n) is 3.24. The summed E-state index contributed by atoms with van der Waals surface area (Å²) in [5.74, 6) is 0.471. The van der Waals surface area contributed by atoms with Crippen LogP contribution in [0.1, 0.15) is 30.9 Å². The standard InChI is InChI=1S/C16H18BrNO2S/c1-12(2)14-5-3-13(4-6-14)11-18-21(19,20)16-9-7-15(17)8-10-16/h3-10,12,18H,11H2,1-2H3. The number of rotatable bonds is 5. The average Bonchev–Trinajstić information content (AvgIpc) is 2.46. The van der Waals surface area contributed by atoms with E-state index < -0.39 is 10.0 Å². The quantitative estimate of drug-likeness (QED) is 0.866. The summed E-state index contributed by atoms with van der Waals surface area (Å²) in [6.45, 7) is 4.55. The Morgan fingerprint density at radius 2 is 1.57 bits per heavy atom. The molecule has 0 amide bonds. The maximum absolute atomic E-state index is 12.2. The van der Waals surface area contributed by atoms with Crippen molar-refractivity contribution in [2.45, 2.75) is 31.2 Å². The van der Waals surface area contributed by atoms with E-state index in [4.69, 9.17) is 0 Å². The Kier molecular flexibility index (Phi) is 5.19. The van der Waals surface area contributed by atoms with Gasteiger partial charge in [-0.25, -0.2) is 13.1 Å². The lowest BCUT2D eigenvalue weighted by Crippen LogP contribution is -2.23. The molecule has 2 aromatic carbocycles. The van der Waals surface area contributed by atoms with E-state index in [9.17, 15) is 8.42 Å². The molecule has 0 saturated heterocycles. The Labute approximate surface area is 134 Å². The van der Waals surface area contributed by atoms with Gasteiger partial charge in [-0.1, -0.05) is 54.0 Å². The summed E-state index contributed by atoms with van der Waals surface area (Å²) in [6.07, 6.45) is 0. The van der Waals surface area contributed by atoms with Gasteiger partial charge in [-0.3, -0.25) is 0 Å². The van der Waals surface area contributed by atoms with Crippen LogP contribution in [0, 0.1) is 0 Å². The van der Waals surface area contributed by atoms with E-state index in [-0.39, 0.29) is 11.4 Å². The Morgan fingerprint density at radius 1 is 1.00 bits per heavy atom. The lowest BCUT2D eigenvalue weighted by molar-refractivity contribution is 0.581. The van der Waals surface area contributed by atoms with Crippen LogP contribution in [0.3, 0.4) is 0 Å². The van der Waals surface area contributed by atoms with Crippen molar-refractivity contribution in [3.63, 3.8) is 0 Å². The second-order valence-electron chi connectivity index (χ2n) is 5.17. The number of hydrogen-bond acceptors (Lipinski definition) is 2. The second-order valence-corrected chi connectivity index (χ2v) is 7.86. The molecule has 0 aliphatic heterocycles. The van der Waals surface area contributed by atoms with Crippen molar-refractivity contribution < 1.29 is 8.42 Å². The first-order valence-corrected chi connectivity index (χ1v) is 9.00. The summed E-state index contributed by atoms with van der Waals surface area (Å²) < 4.78 is 27.8. The fourth-order valence-corrected chi connectivity index (χ4v) is 3.18. The molecular formula is C16H18BrNO2S. The topological polar surface area (TPSA) is 46.2 Å². The normalized spacial score (nSPS) is 11.8. The lowest BCUT2D eigenvalue weighted by Gasteiger charge is -2.09. The van der Waals surface area contributed by atoms with Crippen molar-refractivity contribution in [1.29, 1.82) is 0 Å². The van der Waals surface area contributed by atoms with Crippen molar-refractivity contribution in [2.75, 3.05) is 0 Å². The molecule has 0 bridgehead atoms. The summed E-state index contributed by atoms with van der Waals surface area (Å²) >= 11 is 3.29. The summed E-state index contributed by atoms with van der Waals surface area (Å²) in [5.41, 5.74) is 2.19. The molecule has 0 saturated carbocycles. The first-order chi connectivity index (χ1) is 9.88. The molecule has 0 atom stereocenters. The monoisotopic (exact) mass is 367 g/mol. The predicted octanol–water partition coefficient (Wildman–Crippen LogP) is 4.05. The molecule has 2 rings (SSSR count). The smallest absolute Gasteiger partial charge is 0.207 e. The highest BCUT2D eigenvalue weighted by Gasteiger charge is 2.13. The molecule has 3 nitrogen and oxygen atoms in total. The maximum atomic E-state index is 12.2. The fourth-order valence-electron chi connectivity index (χ4n) is 1.90. The van der Waals surface area contributed by atoms with Gasteiger partial charge in [0, 0.05) is 11.0 Å². The van der Waals surface area contributed by atoms with E-state index in [1.807, 2.05) is 24.3 Å². The third-order valence-corrected chi connectivity index (χ3v) is 5.18. The average molecular weight is 368 g/mol. The highest BCUT2D eigenvalue weighted by Crippen LogP contribution is 2.16. The number of hydrogen-bond donors (Lipinski definition) is 1. The van der Waals surface area contributed by atoms with Crippen molar-refractivity contribution in [3.05, 3.63) is 64.1 Å². The Hall–Kier alpha value is -1.17. The van der Waals surface area contributed by atoms with Crippen molar-refractivity contribution >= 4 is 26.0 Å². The lowest BCUT2D eigenvalue weighted by atomic mass is 10.0. The van der Waals surface area contributed by atoms with Gasteiger partial charge in [0.2, 0.25) is 10.0 Å². The zero-order valence-electron chi connectivity index (χ0n) is 12.0. The van der Waals surface area contributed by atoms with E-state index in [1.54, 1.807) is 24.3 Å². The summed E-state index contributed by atoms with van der Waals surface area (Å²) in [4.78, 5) is 0.268. The summed E-state index contributed by atoms with van der Waals surface area (Å²) in [5, 5.41) is 0. The van der Waals surface area contributed by atoms with Gasteiger partial charge < -0.3 is 0 Å². The molecule has 0 unspecified atom stereocenters. The SMILES string of the molecule is CC(C)c1ccc(CNS(=O)(=O)c2ccc(Br)cc2)cc1. The van der Waals surface area contributed by atoms with E-state index in [0.717, 1.165) is 10.0 Å². The van der Waals surface area contributed by atoms with Crippen LogP contribution in [0.25, 0.3) is 0 Å². The second kappa shape index (κ2) is 6.73. The van der Waals surface area contributed by atoms with Gasteiger partial charge in [0.05, 0.1) is 4.90 Å². The first-order valence-electron chi connectivity index (χ1n) is 6.72. The molecule has 0 aliphatic carbocycles. The van der Waals surface area contributed by atoms with Gasteiger partial charge in [0.15, 0.2) is 0 Å². The van der Waals surface area contributed by atoms with Crippen LogP contribution < -0.4 is 4.72 Å². The molecule has 0 aliphatic rings. The highest BCUT2D eigenvalue weighted by atomic mass is 79.9. The Bertz CT molecular complexity index is 692. The molecule has 0 heterocycles. The molecule has 0 spiro atoms.